The van der Waals surface area contributed by atoms with Gasteiger partial charge in [0.15, 0.2) is 4.90 Å². The van der Waals surface area contributed by atoms with E-state index in [0.717, 1.165) is 11.6 Å². The molecule has 2 aromatic rings. The van der Waals surface area contributed by atoms with E-state index in [9.17, 15) is 18.5 Å². The summed E-state index contributed by atoms with van der Waals surface area (Å²) in [6.07, 6.45) is 1.43. The summed E-state index contributed by atoms with van der Waals surface area (Å²) in [7, 11) is -4.16. The molecule has 0 radical (unpaired) electrons. The Morgan fingerprint density at radius 2 is 2.05 bits per heavy atom. The zero-order valence-electron chi connectivity index (χ0n) is 11.0. The first-order valence-electron chi connectivity index (χ1n) is 5.79. The maximum Gasteiger partial charge on any atom is 0.312 e. The number of nitrogen functional groups attached to an aromatic ring is 1. The van der Waals surface area contributed by atoms with Gasteiger partial charge in [-0.15, -0.1) is 0 Å². The molecular weight excluding hydrogens is 296 g/mol. The lowest BCUT2D eigenvalue weighted by atomic mass is 10.3. The molecule has 9 heteroatoms. The van der Waals surface area contributed by atoms with Crippen LogP contribution < -0.4 is 10.5 Å². The second kappa shape index (κ2) is 5.37. The molecule has 0 atom stereocenters. The summed E-state index contributed by atoms with van der Waals surface area (Å²) < 4.78 is 26.8. The van der Waals surface area contributed by atoms with Crippen LogP contribution in [-0.4, -0.2) is 18.3 Å². The summed E-state index contributed by atoms with van der Waals surface area (Å²) in [6, 6.07) is 6.92. The van der Waals surface area contributed by atoms with Crippen LogP contribution >= 0.6 is 0 Å². The Morgan fingerprint density at radius 3 is 2.67 bits per heavy atom. The van der Waals surface area contributed by atoms with Crippen molar-refractivity contribution < 1.29 is 13.3 Å². The Morgan fingerprint density at radius 1 is 1.33 bits per heavy atom. The van der Waals surface area contributed by atoms with Gasteiger partial charge in [-0.25, -0.2) is 13.4 Å². The SMILES string of the molecule is Cc1ccnc(NS(=O)(=O)c2cccc(N)c2[N+](=O)[O-])c1. The summed E-state index contributed by atoms with van der Waals surface area (Å²) in [6.45, 7) is 1.77. The van der Waals surface area contributed by atoms with Gasteiger partial charge >= 0.3 is 5.69 Å². The van der Waals surface area contributed by atoms with Crippen LogP contribution in [0.3, 0.4) is 0 Å². The molecule has 0 aliphatic carbocycles. The third-order valence-corrected chi connectivity index (χ3v) is 4.04. The molecule has 8 nitrogen and oxygen atoms in total. The van der Waals surface area contributed by atoms with Crippen LogP contribution in [0.25, 0.3) is 0 Å². The van der Waals surface area contributed by atoms with Gasteiger partial charge in [0.1, 0.15) is 11.5 Å². The van der Waals surface area contributed by atoms with E-state index in [-0.39, 0.29) is 11.5 Å². The highest BCUT2D eigenvalue weighted by Gasteiger charge is 2.28. The molecule has 0 bridgehead atoms. The molecule has 0 saturated heterocycles. The van der Waals surface area contributed by atoms with Crippen molar-refractivity contribution in [3.05, 3.63) is 52.2 Å². The van der Waals surface area contributed by atoms with Crippen LogP contribution in [-0.2, 0) is 10.0 Å². The molecular formula is C12H12N4O4S. The van der Waals surface area contributed by atoms with Crippen molar-refractivity contribution in [1.29, 1.82) is 0 Å². The molecule has 0 unspecified atom stereocenters. The van der Waals surface area contributed by atoms with E-state index in [1.54, 1.807) is 13.0 Å². The average Bonchev–Trinajstić information content (AvgIpc) is 2.37. The van der Waals surface area contributed by atoms with Gasteiger partial charge in [-0.3, -0.25) is 14.8 Å². The lowest BCUT2D eigenvalue weighted by Crippen LogP contribution is -2.16. The van der Waals surface area contributed by atoms with Crippen molar-refractivity contribution >= 4 is 27.2 Å². The Balaban J connectivity index is 2.50. The topological polar surface area (TPSA) is 128 Å². The Bertz CT molecular complexity index is 805. The zero-order valence-corrected chi connectivity index (χ0v) is 11.8. The van der Waals surface area contributed by atoms with Crippen LogP contribution in [0.2, 0.25) is 0 Å². The summed E-state index contributed by atoms with van der Waals surface area (Å²) >= 11 is 0. The van der Waals surface area contributed by atoms with Gasteiger partial charge in [0.25, 0.3) is 10.0 Å². The number of hydrogen-bond donors (Lipinski definition) is 2. The number of anilines is 2. The molecule has 0 saturated carbocycles. The monoisotopic (exact) mass is 308 g/mol. The second-order valence-corrected chi connectivity index (χ2v) is 5.93. The van der Waals surface area contributed by atoms with E-state index in [0.29, 0.717) is 0 Å². The standard InChI is InChI=1S/C12H12N4O4S/c1-8-5-6-14-11(7-8)15-21(19,20)10-4-2-3-9(13)12(10)16(17)18/h2-7H,13H2,1H3,(H,14,15). The van der Waals surface area contributed by atoms with Crippen molar-refractivity contribution in [2.24, 2.45) is 0 Å². The van der Waals surface area contributed by atoms with Gasteiger partial charge in [-0.2, -0.15) is 0 Å². The van der Waals surface area contributed by atoms with Crippen molar-refractivity contribution in [2.75, 3.05) is 10.5 Å². The summed E-state index contributed by atoms with van der Waals surface area (Å²) in [5.41, 5.74) is 5.41. The third-order valence-electron chi connectivity index (χ3n) is 2.66. The number of nitrogens with zero attached hydrogens (tertiary/aromatic N) is 2. The highest BCUT2D eigenvalue weighted by Crippen LogP contribution is 2.30. The maximum atomic E-state index is 12.3. The number of aryl methyl sites for hydroxylation is 1. The molecule has 3 N–H and O–H groups in total. The summed E-state index contributed by atoms with van der Waals surface area (Å²) in [4.78, 5) is 13.5. The van der Waals surface area contributed by atoms with Crippen molar-refractivity contribution in [3.8, 4) is 0 Å². The number of nitrogens with two attached hydrogens (primary N) is 1. The van der Waals surface area contributed by atoms with E-state index in [4.69, 9.17) is 5.73 Å². The largest absolute Gasteiger partial charge is 0.393 e. The van der Waals surface area contributed by atoms with Gasteiger partial charge in [0, 0.05) is 6.20 Å². The normalized spacial score (nSPS) is 11.1. The molecule has 1 heterocycles. The first kappa shape index (κ1) is 14.7. The molecule has 1 aromatic carbocycles. The summed E-state index contributed by atoms with van der Waals surface area (Å²) in [5.74, 6) is 0.0757. The lowest BCUT2D eigenvalue weighted by molar-refractivity contribution is -0.386. The molecule has 0 fully saturated rings. The minimum absolute atomic E-state index is 0.0757. The number of aromatic nitrogens is 1. The third kappa shape index (κ3) is 3.08. The number of hydrogen-bond acceptors (Lipinski definition) is 6. The molecule has 21 heavy (non-hydrogen) atoms. The lowest BCUT2D eigenvalue weighted by Gasteiger charge is -2.09. The van der Waals surface area contributed by atoms with E-state index in [2.05, 4.69) is 9.71 Å². The van der Waals surface area contributed by atoms with Crippen LogP contribution in [0.15, 0.2) is 41.4 Å². The quantitative estimate of drug-likeness (QED) is 0.502. The van der Waals surface area contributed by atoms with Gasteiger partial charge < -0.3 is 5.73 Å². The number of benzene rings is 1. The number of nitro groups is 1. The van der Waals surface area contributed by atoms with Crippen molar-refractivity contribution in [1.82, 2.24) is 4.98 Å². The molecule has 0 aliphatic heterocycles. The number of rotatable bonds is 4. The van der Waals surface area contributed by atoms with Gasteiger partial charge in [0.2, 0.25) is 0 Å². The fourth-order valence-electron chi connectivity index (χ4n) is 1.74. The van der Waals surface area contributed by atoms with E-state index in [1.165, 1.54) is 24.4 Å². The molecule has 0 amide bonds. The smallest absolute Gasteiger partial charge is 0.312 e. The molecule has 0 aliphatic rings. The Hall–Kier alpha value is -2.68. The molecule has 0 spiro atoms. The fraction of sp³-hybridized carbons (Fsp3) is 0.0833. The van der Waals surface area contributed by atoms with Gasteiger partial charge in [0.05, 0.1) is 4.92 Å². The van der Waals surface area contributed by atoms with Gasteiger partial charge in [-0.05, 0) is 36.8 Å². The van der Waals surface area contributed by atoms with E-state index >= 15 is 0 Å². The Labute approximate surface area is 120 Å². The van der Waals surface area contributed by atoms with Crippen molar-refractivity contribution in [2.45, 2.75) is 11.8 Å². The first-order valence-corrected chi connectivity index (χ1v) is 7.28. The average molecular weight is 308 g/mol. The van der Waals surface area contributed by atoms with Crippen LogP contribution in [0.5, 0.6) is 0 Å². The van der Waals surface area contributed by atoms with Gasteiger partial charge in [-0.1, -0.05) is 6.07 Å². The van der Waals surface area contributed by atoms with Crippen molar-refractivity contribution in [3.63, 3.8) is 0 Å². The maximum absolute atomic E-state index is 12.3. The zero-order chi connectivity index (χ0) is 15.6. The minimum Gasteiger partial charge on any atom is -0.393 e. The highest BCUT2D eigenvalue weighted by molar-refractivity contribution is 7.92. The number of para-hydroxylation sites is 1. The number of nitro benzene ring substituents is 1. The van der Waals surface area contributed by atoms with Crippen LogP contribution in [0, 0.1) is 17.0 Å². The predicted molar refractivity (Wildman–Crippen MR) is 77.3 cm³/mol. The molecule has 2 rings (SSSR count). The summed E-state index contributed by atoms with van der Waals surface area (Å²) in [5, 5.41) is 11.0. The second-order valence-electron chi connectivity index (χ2n) is 4.28. The molecule has 110 valence electrons. The first-order chi connectivity index (χ1) is 9.81. The highest BCUT2D eigenvalue weighted by atomic mass is 32.2. The Kier molecular flexibility index (Phi) is 3.76. The fourth-order valence-corrected chi connectivity index (χ4v) is 2.94. The van der Waals surface area contributed by atoms with E-state index < -0.39 is 25.5 Å². The number of nitrogens with one attached hydrogen (secondary N) is 1. The van der Waals surface area contributed by atoms with Crippen LogP contribution in [0.1, 0.15) is 5.56 Å². The van der Waals surface area contributed by atoms with E-state index in [1.807, 2.05) is 0 Å². The predicted octanol–water partition coefficient (Wildman–Crippen LogP) is 1.68. The molecule has 1 aromatic heterocycles. The number of sulfonamides is 1. The number of pyridine rings is 1. The minimum atomic E-state index is -4.16. The van der Waals surface area contributed by atoms with Crippen LogP contribution in [0.4, 0.5) is 17.2 Å².